The van der Waals surface area contributed by atoms with Crippen LogP contribution in [-0.4, -0.2) is 69.2 Å². The summed E-state index contributed by atoms with van der Waals surface area (Å²) in [6, 6.07) is 3.65. The van der Waals surface area contributed by atoms with E-state index in [-0.39, 0.29) is 5.91 Å². The van der Waals surface area contributed by atoms with Crippen molar-refractivity contribution in [2.75, 3.05) is 30.3 Å². The van der Waals surface area contributed by atoms with Gasteiger partial charge in [0.2, 0.25) is 5.91 Å². The number of esters is 1. The van der Waals surface area contributed by atoms with Crippen LogP contribution in [0, 0.1) is 0 Å². The van der Waals surface area contributed by atoms with E-state index in [1.165, 1.54) is 0 Å². The maximum absolute atomic E-state index is 12.0. The van der Waals surface area contributed by atoms with E-state index in [0.717, 1.165) is 50.8 Å². The van der Waals surface area contributed by atoms with Gasteiger partial charge in [0.05, 0.1) is 0 Å². The zero-order valence-electron chi connectivity index (χ0n) is 24.0. The molecule has 2 aromatic rings. The molecule has 0 aliphatic rings. The first-order chi connectivity index (χ1) is 19.8. The highest BCUT2D eigenvalue weighted by atomic mass is 16.6. The number of nitrogens with one attached hydrogen (secondary N) is 3. The Bertz CT molecular complexity index is 1150. The molecule has 0 bridgehead atoms. The van der Waals surface area contributed by atoms with Crippen LogP contribution in [0.25, 0.3) is 0 Å². The number of amides is 1. The van der Waals surface area contributed by atoms with Gasteiger partial charge in [-0.3, -0.25) is 29.9 Å². The molecule has 0 radical (unpaired) electrons. The van der Waals surface area contributed by atoms with Crippen LogP contribution in [0.3, 0.4) is 0 Å². The molecule has 0 aromatic carbocycles. The summed E-state index contributed by atoms with van der Waals surface area (Å²) in [5.74, 6) is 0.917. The Balaban J connectivity index is 1.51. The predicted molar refractivity (Wildman–Crippen MR) is 160 cm³/mol. The maximum atomic E-state index is 12.0. The van der Waals surface area contributed by atoms with Gasteiger partial charge in [0, 0.05) is 69.4 Å². The van der Waals surface area contributed by atoms with Crippen LogP contribution in [0.4, 0.5) is 11.6 Å². The van der Waals surface area contributed by atoms with Crippen LogP contribution in [0.2, 0.25) is 0 Å². The van der Waals surface area contributed by atoms with Gasteiger partial charge in [0.1, 0.15) is 0 Å². The molecule has 0 aliphatic heterocycles. The van der Waals surface area contributed by atoms with E-state index >= 15 is 0 Å². The van der Waals surface area contributed by atoms with Gasteiger partial charge in [-0.05, 0) is 52.4 Å². The fraction of sp³-hybridized carbons (Fsp3) is 0.538. The van der Waals surface area contributed by atoms with Crippen molar-refractivity contribution in [3.63, 3.8) is 0 Å². The fourth-order valence-corrected chi connectivity index (χ4v) is 3.64. The number of guanidine groups is 2. The van der Waals surface area contributed by atoms with Crippen molar-refractivity contribution in [3.05, 3.63) is 36.7 Å². The van der Waals surface area contributed by atoms with Gasteiger partial charge in [0.15, 0.2) is 29.8 Å². The van der Waals surface area contributed by atoms with Crippen molar-refractivity contribution in [2.24, 2.45) is 27.2 Å². The predicted octanol–water partition coefficient (Wildman–Crippen LogP) is 1.11. The highest BCUT2D eigenvalue weighted by molar-refractivity contribution is 5.94. The second-order valence-electron chi connectivity index (χ2n) is 9.05. The number of aryl methyl sites for hydroxylation is 2. The molecule has 15 nitrogen and oxygen atoms in total. The molecule has 0 saturated carbocycles. The molecule has 2 aromatic heterocycles. The van der Waals surface area contributed by atoms with Crippen molar-refractivity contribution in [3.8, 4) is 0 Å². The Kier molecular flexibility index (Phi) is 15.1. The molecule has 0 aliphatic carbocycles. The molecule has 0 fully saturated rings. The summed E-state index contributed by atoms with van der Waals surface area (Å²) in [6.07, 6.45) is 9.84. The van der Waals surface area contributed by atoms with Crippen LogP contribution < -0.4 is 33.2 Å². The Morgan fingerprint density at radius 2 is 1.46 bits per heavy atom. The third kappa shape index (κ3) is 14.5. The molecular weight excluding hydrogens is 528 g/mol. The largest absolute Gasteiger partial charge is 0.444 e. The van der Waals surface area contributed by atoms with Crippen LogP contribution in [0.5, 0.6) is 0 Å². The van der Waals surface area contributed by atoms with Crippen molar-refractivity contribution in [2.45, 2.75) is 71.7 Å². The minimum absolute atomic E-state index is 0.322. The minimum Gasteiger partial charge on any atom is -0.444 e. The van der Waals surface area contributed by atoms with Gasteiger partial charge >= 0.3 is 5.97 Å². The lowest BCUT2D eigenvalue weighted by Crippen LogP contribution is -2.27. The minimum atomic E-state index is -0.751. The number of nitrogens with zero attached hydrogens (tertiary/aromatic N) is 6. The van der Waals surface area contributed by atoms with Gasteiger partial charge in [-0.2, -0.15) is 10.2 Å². The number of hydrogen-bond donors (Lipinski definition) is 6. The zero-order chi connectivity index (χ0) is 29.9. The number of aromatic nitrogens is 4. The molecule has 2 heterocycles. The molecular formula is C26H44N12O3. The highest BCUT2D eigenvalue weighted by Gasteiger charge is 2.08. The standard InChI is InChI=1S/C26H44N12O3/c1-3-30-25(28)33-21-13-18-37(35-21)16-8-5-7-15-32-23(39)11-12-24(40)41-20(27)10-6-9-17-38-19-14-22(36-38)34-26(29)31-4-2/h11-14,18-20H,3-10,15-17,27H2,1-2H3,(H,32,39)(H3,28,30,33,35)(H3,29,31,34,36)/b12-11-. The monoisotopic (exact) mass is 572 g/mol. The number of aliphatic imine (C=N–C) groups is 2. The van der Waals surface area contributed by atoms with Crippen molar-refractivity contribution >= 4 is 35.4 Å². The lowest BCUT2D eigenvalue weighted by atomic mass is 10.2. The number of nitrogens with two attached hydrogens (primary N) is 3. The smallest absolute Gasteiger partial charge is 0.332 e. The van der Waals surface area contributed by atoms with Crippen molar-refractivity contribution < 1.29 is 14.3 Å². The van der Waals surface area contributed by atoms with E-state index in [4.69, 9.17) is 21.9 Å². The summed E-state index contributed by atoms with van der Waals surface area (Å²) in [4.78, 5) is 32.0. The van der Waals surface area contributed by atoms with E-state index < -0.39 is 12.2 Å². The summed E-state index contributed by atoms with van der Waals surface area (Å²) in [6.45, 7) is 6.93. The van der Waals surface area contributed by atoms with Gasteiger partial charge in [-0.25, -0.2) is 4.79 Å². The second-order valence-corrected chi connectivity index (χ2v) is 9.05. The molecule has 2 rings (SSSR count). The third-order valence-electron chi connectivity index (χ3n) is 5.58. The van der Waals surface area contributed by atoms with Gasteiger partial charge in [-0.15, -0.1) is 0 Å². The normalized spacial score (nSPS) is 12.9. The number of rotatable bonds is 18. The summed E-state index contributed by atoms with van der Waals surface area (Å²) in [7, 11) is 0. The van der Waals surface area contributed by atoms with Gasteiger partial charge < -0.3 is 32.2 Å². The summed E-state index contributed by atoms with van der Waals surface area (Å²) >= 11 is 0. The van der Waals surface area contributed by atoms with E-state index in [0.29, 0.717) is 56.2 Å². The lowest BCUT2D eigenvalue weighted by molar-refractivity contribution is -0.143. The number of carbonyl (C=O) groups excluding carboxylic acids is 2. The van der Waals surface area contributed by atoms with Gasteiger partial charge in [0.25, 0.3) is 0 Å². The molecule has 0 spiro atoms. The maximum Gasteiger partial charge on any atom is 0.332 e. The Morgan fingerprint density at radius 1 is 0.902 bits per heavy atom. The van der Waals surface area contributed by atoms with Crippen LogP contribution >= 0.6 is 0 Å². The average Bonchev–Trinajstić information content (AvgIpc) is 3.56. The number of ether oxygens (including phenoxy) is 1. The Labute approximate surface area is 240 Å². The molecule has 1 amide bonds. The first kappa shape index (κ1) is 32.8. The molecule has 41 heavy (non-hydrogen) atoms. The van der Waals surface area contributed by atoms with Gasteiger partial charge in [-0.1, -0.05) is 0 Å². The summed E-state index contributed by atoms with van der Waals surface area (Å²) < 4.78 is 8.76. The summed E-state index contributed by atoms with van der Waals surface area (Å²) in [5.41, 5.74) is 17.4. The van der Waals surface area contributed by atoms with Crippen LogP contribution in [-0.2, 0) is 27.4 Å². The number of hydrogen-bond acceptors (Lipinski definition) is 8. The summed E-state index contributed by atoms with van der Waals surface area (Å²) in [5, 5.41) is 17.4. The molecule has 15 heteroatoms. The molecule has 1 unspecified atom stereocenters. The zero-order valence-corrected chi connectivity index (χ0v) is 24.0. The quantitative estimate of drug-likeness (QED) is 0.0373. The van der Waals surface area contributed by atoms with E-state index in [1.807, 2.05) is 43.1 Å². The SMILES string of the molecule is CCN=C(N)Nc1ccn(CCCCCNC(=O)/C=C\C(=O)OC(N)CCCCn2ccc(NC(N)=NCC)n2)n1. The Morgan fingerprint density at radius 3 is 2.02 bits per heavy atom. The number of anilines is 2. The molecule has 0 saturated heterocycles. The van der Waals surface area contributed by atoms with E-state index in [9.17, 15) is 9.59 Å². The first-order valence-corrected chi connectivity index (χ1v) is 13.9. The van der Waals surface area contributed by atoms with E-state index in [1.54, 1.807) is 4.68 Å². The van der Waals surface area contributed by atoms with E-state index in [2.05, 4.69) is 36.1 Å². The lowest BCUT2D eigenvalue weighted by Gasteiger charge is -2.11. The van der Waals surface area contributed by atoms with Crippen molar-refractivity contribution in [1.29, 1.82) is 0 Å². The Hall–Kier alpha value is -4.40. The second kappa shape index (κ2) is 18.8. The third-order valence-corrected chi connectivity index (χ3v) is 5.58. The molecule has 226 valence electrons. The number of carbonyl (C=O) groups is 2. The van der Waals surface area contributed by atoms with Crippen molar-refractivity contribution in [1.82, 2.24) is 24.9 Å². The average molecular weight is 573 g/mol. The number of unbranched alkanes of at least 4 members (excludes halogenated alkanes) is 3. The molecule has 9 N–H and O–H groups in total. The van der Waals surface area contributed by atoms with Crippen LogP contribution in [0.1, 0.15) is 52.4 Å². The topological polar surface area (TPSA) is 218 Å². The first-order valence-electron chi connectivity index (χ1n) is 13.9. The fourth-order valence-electron chi connectivity index (χ4n) is 3.64. The van der Waals surface area contributed by atoms with Crippen LogP contribution in [0.15, 0.2) is 46.7 Å². The highest BCUT2D eigenvalue weighted by Crippen LogP contribution is 2.07. The molecule has 1 atom stereocenters.